The predicted molar refractivity (Wildman–Crippen MR) is 65.2 cm³/mol. The highest BCUT2D eigenvalue weighted by Crippen LogP contribution is 2.23. The van der Waals surface area contributed by atoms with E-state index in [9.17, 15) is 0 Å². The Kier molecular flexibility index (Phi) is 4.26. The van der Waals surface area contributed by atoms with Gasteiger partial charge in [0.05, 0.1) is 4.47 Å². The Hall–Kier alpha value is -0.220. The quantitative estimate of drug-likeness (QED) is 0.845. The first-order valence-electron chi connectivity index (χ1n) is 4.84. The molecule has 0 saturated carbocycles. The molecule has 0 unspecified atom stereocenters. The molecular formula is C10H15BrN2S. The lowest BCUT2D eigenvalue weighted by Crippen LogP contribution is -2.03. The second-order valence-corrected chi connectivity index (χ2v) is 4.80. The third-order valence-corrected chi connectivity index (χ3v) is 3.36. The van der Waals surface area contributed by atoms with E-state index in [1.54, 1.807) is 0 Å². The number of nitrogens with zero attached hydrogens (tertiary/aromatic N) is 1. The van der Waals surface area contributed by atoms with Gasteiger partial charge in [0.2, 0.25) is 0 Å². The second-order valence-electron chi connectivity index (χ2n) is 3.62. The second kappa shape index (κ2) is 5.03. The summed E-state index contributed by atoms with van der Waals surface area (Å²) in [6.07, 6.45) is 2.04. The van der Waals surface area contributed by atoms with Crippen molar-refractivity contribution in [2.45, 2.75) is 39.5 Å². The van der Waals surface area contributed by atoms with Crippen LogP contribution in [-0.4, -0.2) is 9.97 Å². The molecule has 0 aromatic carbocycles. The topological polar surface area (TPSA) is 28.7 Å². The maximum Gasteiger partial charge on any atom is 0.144 e. The summed E-state index contributed by atoms with van der Waals surface area (Å²) >= 11 is 8.65. The van der Waals surface area contributed by atoms with Crippen LogP contribution in [0.3, 0.4) is 0 Å². The minimum absolute atomic E-state index is 0.435. The molecule has 0 aliphatic rings. The molecule has 1 aromatic heterocycles. The molecule has 0 fully saturated rings. The van der Waals surface area contributed by atoms with Gasteiger partial charge in [-0.25, -0.2) is 4.98 Å². The van der Waals surface area contributed by atoms with Crippen molar-refractivity contribution in [3.05, 3.63) is 20.6 Å². The van der Waals surface area contributed by atoms with Crippen LogP contribution in [0.1, 0.15) is 44.6 Å². The fourth-order valence-corrected chi connectivity index (χ4v) is 2.14. The van der Waals surface area contributed by atoms with Crippen LogP contribution in [-0.2, 0) is 6.42 Å². The van der Waals surface area contributed by atoms with Gasteiger partial charge in [-0.05, 0) is 28.3 Å². The summed E-state index contributed by atoms with van der Waals surface area (Å²) in [6, 6.07) is 0. The first-order chi connectivity index (χ1) is 6.56. The van der Waals surface area contributed by atoms with E-state index >= 15 is 0 Å². The number of hydrogen-bond acceptors (Lipinski definition) is 2. The van der Waals surface area contributed by atoms with Gasteiger partial charge in [0.1, 0.15) is 10.5 Å². The Balaban J connectivity index is 3.21. The van der Waals surface area contributed by atoms with Gasteiger partial charge in [-0.1, -0.05) is 33.0 Å². The standard InChI is InChI=1S/C10H15BrN2S/c1-4-5-7-12-9(6(2)3)8(11)10(14)13-7/h6H,4-5H2,1-3H3,(H,12,13,14). The van der Waals surface area contributed by atoms with Crippen LogP contribution in [0.25, 0.3) is 0 Å². The number of aromatic amines is 1. The van der Waals surface area contributed by atoms with Gasteiger partial charge >= 0.3 is 0 Å². The third-order valence-electron chi connectivity index (χ3n) is 2.00. The minimum Gasteiger partial charge on any atom is -0.346 e. The average Bonchev–Trinajstić information content (AvgIpc) is 2.11. The summed E-state index contributed by atoms with van der Waals surface area (Å²) in [7, 11) is 0. The summed E-state index contributed by atoms with van der Waals surface area (Å²) in [5, 5.41) is 0. The third kappa shape index (κ3) is 2.64. The lowest BCUT2D eigenvalue weighted by molar-refractivity contribution is 0.754. The molecule has 14 heavy (non-hydrogen) atoms. The Morgan fingerprint density at radius 1 is 1.50 bits per heavy atom. The summed E-state index contributed by atoms with van der Waals surface area (Å²) < 4.78 is 1.60. The Morgan fingerprint density at radius 3 is 2.64 bits per heavy atom. The highest BCUT2D eigenvalue weighted by atomic mass is 79.9. The van der Waals surface area contributed by atoms with E-state index in [0.717, 1.165) is 28.8 Å². The number of H-pyrrole nitrogens is 1. The summed E-state index contributed by atoms with van der Waals surface area (Å²) in [5.74, 6) is 1.43. The normalized spacial score (nSPS) is 10.9. The molecule has 1 rings (SSSR count). The van der Waals surface area contributed by atoms with Crippen molar-refractivity contribution < 1.29 is 0 Å². The van der Waals surface area contributed by atoms with Crippen molar-refractivity contribution in [2.75, 3.05) is 0 Å². The molecule has 2 nitrogen and oxygen atoms in total. The van der Waals surface area contributed by atoms with Crippen LogP contribution in [0, 0.1) is 4.64 Å². The van der Waals surface area contributed by atoms with Crippen molar-refractivity contribution in [1.82, 2.24) is 9.97 Å². The van der Waals surface area contributed by atoms with E-state index in [-0.39, 0.29) is 0 Å². The van der Waals surface area contributed by atoms with E-state index in [2.05, 4.69) is 46.7 Å². The van der Waals surface area contributed by atoms with Crippen molar-refractivity contribution in [1.29, 1.82) is 0 Å². The Morgan fingerprint density at radius 2 is 2.14 bits per heavy atom. The van der Waals surface area contributed by atoms with E-state index in [4.69, 9.17) is 12.2 Å². The van der Waals surface area contributed by atoms with Gasteiger partial charge in [0.25, 0.3) is 0 Å². The van der Waals surface area contributed by atoms with E-state index in [1.807, 2.05) is 0 Å². The maximum absolute atomic E-state index is 5.18. The zero-order chi connectivity index (χ0) is 10.7. The summed E-state index contributed by atoms with van der Waals surface area (Å²) in [6.45, 7) is 6.41. The molecule has 0 aliphatic carbocycles. The average molecular weight is 275 g/mol. The number of aromatic nitrogens is 2. The van der Waals surface area contributed by atoms with Gasteiger partial charge in [-0.2, -0.15) is 0 Å². The lowest BCUT2D eigenvalue weighted by atomic mass is 10.1. The fraction of sp³-hybridized carbons (Fsp3) is 0.600. The fourth-order valence-electron chi connectivity index (χ4n) is 1.28. The largest absolute Gasteiger partial charge is 0.346 e. The highest BCUT2D eigenvalue weighted by molar-refractivity contribution is 9.10. The van der Waals surface area contributed by atoms with Crippen molar-refractivity contribution in [2.24, 2.45) is 0 Å². The van der Waals surface area contributed by atoms with Crippen LogP contribution in [0.4, 0.5) is 0 Å². The molecule has 0 spiro atoms. The molecular weight excluding hydrogens is 260 g/mol. The SMILES string of the molecule is CCCc1nc(=S)c(Br)c(C(C)C)[nH]1. The molecule has 0 atom stereocenters. The number of aryl methyl sites for hydroxylation is 1. The van der Waals surface area contributed by atoms with Crippen LogP contribution >= 0.6 is 28.1 Å². The predicted octanol–water partition coefficient (Wildman–Crippen LogP) is 3.98. The first kappa shape index (κ1) is 11.9. The zero-order valence-corrected chi connectivity index (χ0v) is 11.1. The Bertz CT molecular complexity index is 371. The van der Waals surface area contributed by atoms with Gasteiger partial charge in [-0.3, -0.25) is 0 Å². The van der Waals surface area contributed by atoms with Crippen molar-refractivity contribution >= 4 is 28.1 Å². The van der Waals surface area contributed by atoms with Crippen molar-refractivity contribution in [3.8, 4) is 0 Å². The molecule has 4 heteroatoms. The minimum atomic E-state index is 0.435. The van der Waals surface area contributed by atoms with E-state index in [1.165, 1.54) is 0 Å². The molecule has 0 saturated heterocycles. The van der Waals surface area contributed by atoms with Gasteiger partial charge in [-0.15, -0.1) is 0 Å². The molecule has 78 valence electrons. The maximum atomic E-state index is 5.18. The zero-order valence-electron chi connectivity index (χ0n) is 8.72. The molecule has 0 amide bonds. The molecule has 0 bridgehead atoms. The monoisotopic (exact) mass is 274 g/mol. The van der Waals surface area contributed by atoms with Crippen molar-refractivity contribution in [3.63, 3.8) is 0 Å². The van der Waals surface area contributed by atoms with Crippen LogP contribution in [0.5, 0.6) is 0 Å². The summed E-state index contributed by atoms with van der Waals surface area (Å²) in [5.41, 5.74) is 1.15. The number of halogens is 1. The lowest BCUT2D eigenvalue weighted by Gasteiger charge is -2.10. The molecule has 1 N–H and O–H groups in total. The molecule has 0 aliphatic heterocycles. The van der Waals surface area contributed by atoms with Gasteiger partial charge < -0.3 is 4.98 Å². The molecule has 1 aromatic rings. The smallest absolute Gasteiger partial charge is 0.144 e. The van der Waals surface area contributed by atoms with E-state index < -0.39 is 0 Å². The van der Waals surface area contributed by atoms with Crippen LogP contribution < -0.4 is 0 Å². The number of hydrogen-bond donors (Lipinski definition) is 1. The van der Waals surface area contributed by atoms with Gasteiger partial charge in [0.15, 0.2) is 0 Å². The van der Waals surface area contributed by atoms with Crippen LogP contribution in [0.2, 0.25) is 0 Å². The summed E-state index contributed by atoms with van der Waals surface area (Å²) in [4.78, 5) is 7.65. The molecule has 1 heterocycles. The highest BCUT2D eigenvalue weighted by Gasteiger charge is 2.08. The molecule has 0 radical (unpaired) electrons. The Labute approximate surface area is 98.3 Å². The van der Waals surface area contributed by atoms with Gasteiger partial charge in [0, 0.05) is 12.1 Å². The number of nitrogens with one attached hydrogen (secondary N) is 1. The number of rotatable bonds is 3. The van der Waals surface area contributed by atoms with Crippen LogP contribution in [0.15, 0.2) is 4.47 Å². The first-order valence-corrected chi connectivity index (χ1v) is 6.05. The van der Waals surface area contributed by atoms with E-state index in [0.29, 0.717) is 10.6 Å².